The van der Waals surface area contributed by atoms with Gasteiger partial charge >= 0.3 is 0 Å². The van der Waals surface area contributed by atoms with E-state index in [1.807, 2.05) is 42.5 Å². The highest BCUT2D eigenvalue weighted by atomic mass is 16.5. The maximum atomic E-state index is 13.6. The van der Waals surface area contributed by atoms with Gasteiger partial charge in [0, 0.05) is 49.0 Å². The average Bonchev–Trinajstić information content (AvgIpc) is 3.90. The minimum absolute atomic E-state index is 0.138. The van der Waals surface area contributed by atoms with Crippen molar-refractivity contribution < 1.29 is 9.84 Å². The van der Waals surface area contributed by atoms with Gasteiger partial charge in [-0.3, -0.25) is 14.2 Å². The molecule has 1 saturated heterocycles. The van der Waals surface area contributed by atoms with Crippen molar-refractivity contribution in [3.63, 3.8) is 0 Å². The van der Waals surface area contributed by atoms with Gasteiger partial charge in [-0.05, 0) is 71.7 Å². The molecule has 1 saturated carbocycles. The van der Waals surface area contributed by atoms with E-state index in [9.17, 15) is 14.7 Å². The molecule has 1 aliphatic heterocycles. The van der Waals surface area contributed by atoms with E-state index in [1.165, 1.54) is 23.0 Å². The summed E-state index contributed by atoms with van der Waals surface area (Å²) in [6.45, 7) is 2.73. The van der Waals surface area contributed by atoms with Crippen molar-refractivity contribution in [3.05, 3.63) is 111 Å². The first-order valence-electron chi connectivity index (χ1n) is 14.7. The first kappa shape index (κ1) is 27.1. The third kappa shape index (κ3) is 5.22. The number of aromatic nitrogens is 3. The number of ether oxygens (including phenoxy) is 1. The van der Waals surface area contributed by atoms with Crippen LogP contribution in [0.25, 0.3) is 27.6 Å². The molecule has 2 aromatic carbocycles. The van der Waals surface area contributed by atoms with E-state index in [-0.39, 0.29) is 17.7 Å². The fourth-order valence-electron chi connectivity index (χ4n) is 5.92. The molecular weight excluding hydrogens is 542 g/mol. The molecular formula is C34H33N5O4. The van der Waals surface area contributed by atoms with Gasteiger partial charge in [-0.1, -0.05) is 24.3 Å². The van der Waals surface area contributed by atoms with Crippen LogP contribution in [0, 0.1) is 0 Å². The number of benzene rings is 2. The molecule has 2 fully saturated rings. The summed E-state index contributed by atoms with van der Waals surface area (Å²) in [5, 5.41) is 15.3. The monoisotopic (exact) mass is 575 g/mol. The number of anilines is 3. The van der Waals surface area contributed by atoms with Gasteiger partial charge in [0.25, 0.3) is 11.1 Å². The number of morpholine rings is 1. The lowest BCUT2D eigenvalue weighted by Crippen LogP contribution is -2.36. The number of pyridine rings is 3. The van der Waals surface area contributed by atoms with Crippen molar-refractivity contribution in [3.8, 4) is 16.8 Å². The third-order valence-corrected chi connectivity index (χ3v) is 8.43. The van der Waals surface area contributed by atoms with Gasteiger partial charge in [0.2, 0.25) is 0 Å². The van der Waals surface area contributed by atoms with E-state index in [0.29, 0.717) is 47.3 Å². The van der Waals surface area contributed by atoms with Crippen LogP contribution in [0.4, 0.5) is 17.2 Å². The zero-order chi connectivity index (χ0) is 29.5. The molecule has 7 rings (SSSR count). The van der Waals surface area contributed by atoms with Crippen molar-refractivity contribution >= 4 is 28.0 Å². The Morgan fingerprint density at radius 1 is 1.00 bits per heavy atom. The zero-order valence-electron chi connectivity index (χ0n) is 24.0. The molecule has 5 aromatic rings. The van der Waals surface area contributed by atoms with Gasteiger partial charge < -0.3 is 24.6 Å². The molecule has 9 heteroatoms. The van der Waals surface area contributed by atoms with Gasteiger partial charge in [0.15, 0.2) is 0 Å². The molecule has 0 atom stereocenters. The minimum atomic E-state index is -0.285. The molecule has 4 heterocycles. The molecule has 1 aliphatic carbocycles. The van der Waals surface area contributed by atoms with Gasteiger partial charge in [-0.2, -0.15) is 0 Å². The molecule has 0 spiro atoms. The highest BCUT2D eigenvalue weighted by molar-refractivity contribution is 5.83. The van der Waals surface area contributed by atoms with Crippen molar-refractivity contribution in [2.75, 3.05) is 36.5 Å². The molecule has 3 aromatic heterocycles. The topological polar surface area (TPSA) is 102 Å². The van der Waals surface area contributed by atoms with Gasteiger partial charge in [0.1, 0.15) is 11.5 Å². The van der Waals surface area contributed by atoms with Crippen molar-refractivity contribution in [1.29, 1.82) is 0 Å². The number of hydrogen-bond donors (Lipinski definition) is 2. The Labute approximate surface area is 248 Å². The minimum Gasteiger partial charge on any atom is -0.392 e. The number of aryl methyl sites for hydroxylation is 1. The van der Waals surface area contributed by atoms with Crippen LogP contribution in [0.2, 0.25) is 0 Å². The highest BCUT2D eigenvalue weighted by Crippen LogP contribution is 2.40. The highest BCUT2D eigenvalue weighted by Gasteiger charge is 2.24. The lowest BCUT2D eigenvalue weighted by atomic mass is 9.98. The lowest BCUT2D eigenvalue weighted by molar-refractivity contribution is 0.122. The summed E-state index contributed by atoms with van der Waals surface area (Å²) in [7, 11) is 1.69. The lowest BCUT2D eigenvalue weighted by Gasteiger charge is -2.28. The van der Waals surface area contributed by atoms with E-state index in [4.69, 9.17) is 4.74 Å². The molecule has 0 radical (unpaired) electrons. The van der Waals surface area contributed by atoms with E-state index in [2.05, 4.69) is 27.3 Å². The predicted octanol–water partition coefficient (Wildman–Crippen LogP) is 4.70. The first-order valence-corrected chi connectivity index (χ1v) is 14.7. The normalized spacial score (nSPS) is 15.2. The Hall–Kier alpha value is -4.73. The number of aliphatic hydroxyl groups is 1. The third-order valence-electron chi connectivity index (χ3n) is 8.43. The largest absolute Gasteiger partial charge is 0.392 e. The Balaban J connectivity index is 1.24. The zero-order valence-corrected chi connectivity index (χ0v) is 24.0. The average molecular weight is 576 g/mol. The smallest absolute Gasteiger partial charge is 0.274 e. The second-order valence-electron chi connectivity index (χ2n) is 11.3. The standard InChI is InChI=1S/C34H33N5O4/c1-37-20-25(18-30(34(37)42)36-32-10-8-26(19-35-32)38-13-15-43-16-14-38)27-3-2-4-31(29(27)21-40)39-12-11-24-17-23(22-5-6-22)7-9-28(24)33(39)41/h2-4,7-12,17-20,22,40H,5-6,13-16,21H2,1H3,(H,35,36). The fourth-order valence-corrected chi connectivity index (χ4v) is 5.92. The fraction of sp³-hybridized carbons (Fsp3) is 0.265. The summed E-state index contributed by atoms with van der Waals surface area (Å²) in [5.74, 6) is 1.16. The number of hydrogen-bond acceptors (Lipinski definition) is 7. The molecule has 2 N–H and O–H groups in total. The van der Waals surface area contributed by atoms with E-state index < -0.39 is 0 Å². The molecule has 9 nitrogen and oxygen atoms in total. The Morgan fingerprint density at radius 3 is 2.58 bits per heavy atom. The molecule has 0 unspecified atom stereocenters. The van der Waals surface area contributed by atoms with Crippen LogP contribution in [-0.4, -0.2) is 45.5 Å². The number of nitrogens with zero attached hydrogens (tertiary/aromatic N) is 4. The van der Waals surface area contributed by atoms with Crippen molar-refractivity contribution in [1.82, 2.24) is 14.1 Å². The van der Waals surface area contributed by atoms with Crippen LogP contribution in [0.1, 0.15) is 29.9 Å². The summed E-state index contributed by atoms with van der Waals surface area (Å²) < 4.78 is 8.54. The van der Waals surface area contributed by atoms with Crippen LogP contribution < -0.4 is 21.3 Å². The van der Waals surface area contributed by atoms with Crippen molar-refractivity contribution in [2.24, 2.45) is 7.05 Å². The maximum absolute atomic E-state index is 13.6. The Kier molecular flexibility index (Phi) is 7.04. The molecule has 0 amide bonds. The predicted molar refractivity (Wildman–Crippen MR) is 169 cm³/mol. The molecule has 218 valence electrons. The SMILES string of the molecule is Cn1cc(-c2cccc(-n3ccc4cc(C5CC5)ccc4c3=O)c2CO)cc(Nc2ccc(N3CCOCC3)cn2)c1=O. The number of nitrogens with one attached hydrogen (secondary N) is 1. The quantitative estimate of drug-likeness (QED) is 0.290. The summed E-state index contributed by atoms with van der Waals surface area (Å²) in [6, 6.07) is 19.2. The van der Waals surface area contributed by atoms with Gasteiger partial charge in [-0.15, -0.1) is 0 Å². The number of aliphatic hydroxyl groups excluding tert-OH is 1. The summed E-state index contributed by atoms with van der Waals surface area (Å²) >= 11 is 0. The van der Waals surface area contributed by atoms with E-state index in [0.717, 1.165) is 35.3 Å². The van der Waals surface area contributed by atoms with Crippen LogP contribution in [-0.2, 0) is 18.4 Å². The van der Waals surface area contributed by atoms with E-state index >= 15 is 0 Å². The van der Waals surface area contributed by atoms with Crippen LogP contribution in [0.3, 0.4) is 0 Å². The Morgan fingerprint density at radius 2 is 1.84 bits per heavy atom. The number of rotatable bonds is 7. The second-order valence-corrected chi connectivity index (χ2v) is 11.3. The Bertz CT molecular complexity index is 1940. The molecule has 2 aliphatic rings. The maximum Gasteiger partial charge on any atom is 0.274 e. The first-order chi connectivity index (χ1) is 21.0. The summed E-state index contributed by atoms with van der Waals surface area (Å²) in [6.07, 6.45) is 7.72. The van der Waals surface area contributed by atoms with Gasteiger partial charge in [-0.25, -0.2) is 4.98 Å². The van der Waals surface area contributed by atoms with Crippen LogP contribution in [0.5, 0.6) is 0 Å². The molecule has 43 heavy (non-hydrogen) atoms. The molecule has 0 bridgehead atoms. The second kappa shape index (κ2) is 11.2. The van der Waals surface area contributed by atoms with Crippen LogP contribution in [0.15, 0.2) is 88.8 Å². The van der Waals surface area contributed by atoms with Gasteiger partial charge in [0.05, 0.1) is 37.4 Å². The summed E-state index contributed by atoms with van der Waals surface area (Å²) in [5.41, 5.74) is 4.95. The number of fused-ring (bicyclic) bond motifs is 1. The van der Waals surface area contributed by atoms with E-state index in [1.54, 1.807) is 36.3 Å². The van der Waals surface area contributed by atoms with Crippen LogP contribution >= 0.6 is 0 Å². The van der Waals surface area contributed by atoms with Crippen molar-refractivity contribution in [2.45, 2.75) is 25.4 Å². The summed E-state index contributed by atoms with van der Waals surface area (Å²) in [4.78, 5) is 33.5.